The van der Waals surface area contributed by atoms with Gasteiger partial charge in [-0.3, -0.25) is 9.48 Å². The zero-order valence-electron chi connectivity index (χ0n) is 12.1. The topological polar surface area (TPSA) is 50.2 Å². The number of hydrogen-bond acceptors (Lipinski definition) is 4. The second-order valence-electron chi connectivity index (χ2n) is 5.54. The van der Waals surface area contributed by atoms with Crippen LogP contribution in [0.15, 0.2) is 6.07 Å². The van der Waals surface area contributed by atoms with Crippen molar-refractivity contribution in [2.75, 3.05) is 26.2 Å². The zero-order valence-corrected chi connectivity index (χ0v) is 13.0. The molecule has 6 heteroatoms. The molecule has 1 N–H and O–H groups in total. The van der Waals surface area contributed by atoms with Gasteiger partial charge in [0.1, 0.15) is 4.83 Å². The Labute approximate surface area is 122 Å². The highest BCUT2D eigenvalue weighted by molar-refractivity contribution is 7.20. The normalized spacial score (nSPS) is 16.3. The second-order valence-corrected chi connectivity index (χ2v) is 6.57. The molecule has 2 aromatic heterocycles. The van der Waals surface area contributed by atoms with Gasteiger partial charge in [-0.2, -0.15) is 5.10 Å². The van der Waals surface area contributed by atoms with E-state index in [-0.39, 0.29) is 5.91 Å². The molecule has 0 saturated carbocycles. The third kappa shape index (κ3) is 2.23. The maximum absolute atomic E-state index is 12.5. The van der Waals surface area contributed by atoms with Crippen LogP contribution in [0.4, 0.5) is 0 Å². The fourth-order valence-corrected chi connectivity index (χ4v) is 3.67. The molecule has 0 bridgehead atoms. The van der Waals surface area contributed by atoms with E-state index in [2.05, 4.69) is 24.3 Å². The Kier molecular flexibility index (Phi) is 3.52. The summed E-state index contributed by atoms with van der Waals surface area (Å²) in [6, 6.07) is 2.02. The van der Waals surface area contributed by atoms with Gasteiger partial charge < -0.3 is 10.2 Å². The Morgan fingerprint density at radius 2 is 2.10 bits per heavy atom. The van der Waals surface area contributed by atoms with Gasteiger partial charge in [-0.25, -0.2) is 0 Å². The maximum Gasteiger partial charge on any atom is 0.264 e. The number of piperazine rings is 1. The first-order valence-electron chi connectivity index (χ1n) is 7.04. The number of carbonyl (C=O) groups excluding carboxylic acids is 1. The Morgan fingerprint density at radius 1 is 1.40 bits per heavy atom. The van der Waals surface area contributed by atoms with Crippen LogP contribution in [0.2, 0.25) is 0 Å². The van der Waals surface area contributed by atoms with Crippen molar-refractivity contribution in [3.63, 3.8) is 0 Å². The SMILES string of the molecule is CC(C)c1nn(C)c2sc(C(=O)N3CCNCC3)cc12. The number of nitrogens with zero attached hydrogens (tertiary/aromatic N) is 3. The molecule has 0 aliphatic carbocycles. The molecule has 0 unspecified atom stereocenters. The van der Waals surface area contributed by atoms with Crippen LogP contribution < -0.4 is 5.32 Å². The molecular weight excluding hydrogens is 272 g/mol. The van der Waals surface area contributed by atoms with E-state index in [4.69, 9.17) is 0 Å². The molecule has 5 nitrogen and oxygen atoms in total. The van der Waals surface area contributed by atoms with Crippen molar-refractivity contribution in [1.29, 1.82) is 0 Å². The van der Waals surface area contributed by atoms with E-state index >= 15 is 0 Å². The van der Waals surface area contributed by atoms with Crippen molar-refractivity contribution >= 4 is 27.5 Å². The number of aryl methyl sites for hydroxylation is 1. The van der Waals surface area contributed by atoms with Crippen molar-refractivity contribution in [2.45, 2.75) is 19.8 Å². The first-order chi connectivity index (χ1) is 9.58. The van der Waals surface area contributed by atoms with Gasteiger partial charge in [0.05, 0.1) is 10.6 Å². The molecule has 108 valence electrons. The number of carbonyl (C=O) groups is 1. The van der Waals surface area contributed by atoms with Crippen molar-refractivity contribution in [3.8, 4) is 0 Å². The van der Waals surface area contributed by atoms with Gasteiger partial charge in [-0.15, -0.1) is 11.3 Å². The highest BCUT2D eigenvalue weighted by Gasteiger charge is 2.22. The summed E-state index contributed by atoms with van der Waals surface area (Å²) in [6.45, 7) is 7.63. The van der Waals surface area contributed by atoms with Crippen LogP contribution in [-0.2, 0) is 7.05 Å². The predicted octanol–water partition coefficient (Wildman–Crippen LogP) is 1.80. The number of thiophene rings is 1. The average molecular weight is 292 g/mol. The molecule has 1 aliphatic heterocycles. The summed E-state index contributed by atoms with van der Waals surface area (Å²) >= 11 is 1.55. The molecule has 1 aliphatic rings. The van der Waals surface area contributed by atoms with E-state index in [1.807, 2.05) is 22.7 Å². The average Bonchev–Trinajstić information content (AvgIpc) is 3.00. The molecule has 3 heterocycles. The quantitative estimate of drug-likeness (QED) is 0.918. The summed E-state index contributed by atoms with van der Waals surface area (Å²) in [5.74, 6) is 0.526. The molecule has 20 heavy (non-hydrogen) atoms. The molecule has 0 radical (unpaired) electrons. The molecule has 0 atom stereocenters. The van der Waals surface area contributed by atoms with E-state index in [0.29, 0.717) is 5.92 Å². The molecule has 1 saturated heterocycles. The number of hydrogen-bond donors (Lipinski definition) is 1. The van der Waals surface area contributed by atoms with Crippen molar-refractivity contribution in [1.82, 2.24) is 20.0 Å². The van der Waals surface area contributed by atoms with E-state index in [1.54, 1.807) is 11.3 Å². The molecule has 2 aromatic rings. The summed E-state index contributed by atoms with van der Waals surface area (Å²) in [5, 5.41) is 8.96. The number of nitrogens with one attached hydrogen (secondary N) is 1. The zero-order chi connectivity index (χ0) is 14.3. The van der Waals surface area contributed by atoms with E-state index in [1.165, 1.54) is 0 Å². The molecular formula is C14H20N4OS. The smallest absolute Gasteiger partial charge is 0.264 e. The number of aromatic nitrogens is 2. The molecule has 1 amide bonds. The standard InChI is InChI=1S/C14H20N4OS/c1-9(2)12-10-8-11(20-14(10)17(3)16-12)13(19)18-6-4-15-5-7-18/h8-9,15H,4-7H2,1-3H3. The Bertz CT molecular complexity index is 637. The van der Waals surface area contributed by atoms with Gasteiger partial charge in [-0.05, 0) is 12.0 Å². The van der Waals surface area contributed by atoms with E-state index in [9.17, 15) is 4.79 Å². The summed E-state index contributed by atoms with van der Waals surface area (Å²) in [5.41, 5.74) is 1.08. The largest absolute Gasteiger partial charge is 0.335 e. The fraction of sp³-hybridized carbons (Fsp3) is 0.571. The lowest BCUT2D eigenvalue weighted by molar-refractivity contribution is 0.0741. The second kappa shape index (κ2) is 5.18. The lowest BCUT2D eigenvalue weighted by Crippen LogP contribution is -2.46. The van der Waals surface area contributed by atoms with Gasteiger partial charge in [0.15, 0.2) is 0 Å². The minimum absolute atomic E-state index is 0.155. The van der Waals surface area contributed by atoms with Crippen LogP contribution in [0.1, 0.15) is 35.1 Å². The monoisotopic (exact) mass is 292 g/mol. The van der Waals surface area contributed by atoms with Crippen molar-refractivity contribution in [3.05, 3.63) is 16.6 Å². The first kappa shape index (κ1) is 13.6. The maximum atomic E-state index is 12.5. The summed E-state index contributed by atoms with van der Waals surface area (Å²) in [6.07, 6.45) is 0. The summed E-state index contributed by atoms with van der Waals surface area (Å²) < 4.78 is 1.89. The Balaban J connectivity index is 1.96. The molecule has 0 aromatic carbocycles. The van der Waals surface area contributed by atoms with E-state index in [0.717, 1.165) is 47.0 Å². The highest BCUT2D eigenvalue weighted by Crippen LogP contribution is 2.32. The lowest BCUT2D eigenvalue weighted by Gasteiger charge is -2.26. The summed E-state index contributed by atoms with van der Waals surface area (Å²) in [7, 11) is 1.95. The van der Waals surface area contributed by atoms with Crippen molar-refractivity contribution < 1.29 is 4.79 Å². The number of fused-ring (bicyclic) bond motifs is 1. The highest BCUT2D eigenvalue weighted by atomic mass is 32.1. The van der Waals surface area contributed by atoms with Gasteiger partial charge >= 0.3 is 0 Å². The fourth-order valence-electron chi connectivity index (χ4n) is 2.62. The third-order valence-corrected chi connectivity index (χ3v) is 4.89. The van der Waals surface area contributed by atoms with Crippen LogP contribution >= 0.6 is 11.3 Å². The van der Waals surface area contributed by atoms with Crippen LogP contribution in [-0.4, -0.2) is 46.8 Å². The number of rotatable bonds is 2. The Morgan fingerprint density at radius 3 is 2.75 bits per heavy atom. The van der Waals surface area contributed by atoms with Crippen LogP contribution in [0, 0.1) is 0 Å². The summed E-state index contributed by atoms with van der Waals surface area (Å²) in [4.78, 5) is 16.4. The van der Waals surface area contributed by atoms with Gasteiger partial charge in [0.2, 0.25) is 0 Å². The molecule has 0 spiro atoms. The van der Waals surface area contributed by atoms with Crippen molar-refractivity contribution in [2.24, 2.45) is 7.05 Å². The minimum atomic E-state index is 0.155. The molecule has 3 rings (SSSR count). The molecule has 1 fully saturated rings. The van der Waals surface area contributed by atoms with Gasteiger partial charge in [0.25, 0.3) is 5.91 Å². The van der Waals surface area contributed by atoms with Crippen LogP contribution in [0.25, 0.3) is 10.2 Å². The number of amides is 1. The van der Waals surface area contributed by atoms with Crippen LogP contribution in [0.3, 0.4) is 0 Å². The van der Waals surface area contributed by atoms with Gasteiger partial charge in [0, 0.05) is 38.6 Å². The van der Waals surface area contributed by atoms with E-state index < -0.39 is 0 Å². The first-order valence-corrected chi connectivity index (χ1v) is 7.86. The minimum Gasteiger partial charge on any atom is -0.335 e. The lowest BCUT2D eigenvalue weighted by atomic mass is 10.1. The third-order valence-electron chi connectivity index (χ3n) is 3.70. The van der Waals surface area contributed by atoms with Gasteiger partial charge in [-0.1, -0.05) is 13.8 Å². The predicted molar refractivity (Wildman–Crippen MR) is 81.5 cm³/mol. The Hall–Kier alpha value is -1.40. The van der Waals surface area contributed by atoms with Crippen LogP contribution in [0.5, 0.6) is 0 Å².